The van der Waals surface area contributed by atoms with E-state index < -0.39 is 0 Å². The molecule has 0 bridgehead atoms. The molecule has 1 aromatic carbocycles. The van der Waals surface area contributed by atoms with Crippen molar-refractivity contribution < 1.29 is 9.59 Å². The van der Waals surface area contributed by atoms with Gasteiger partial charge >= 0.3 is 0 Å². The van der Waals surface area contributed by atoms with Crippen molar-refractivity contribution in [1.82, 2.24) is 10.6 Å². The molecule has 2 amide bonds. The fraction of sp³-hybridized carbons (Fsp3) is 0.250. The molecule has 5 nitrogen and oxygen atoms in total. The number of hydrogen-bond donors (Lipinski definition) is 2. The van der Waals surface area contributed by atoms with E-state index in [1.165, 1.54) is 6.92 Å². The molecule has 0 saturated heterocycles. The number of benzene rings is 1. The number of guanidine groups is 1. The van der Waals surface area contributed by atoms with Crippen molar-refractivity contribution in [2.24, 2.45) is 4.99 Å². The van der Waals surface area contributed by atoms with Gasteiger partial charge < -0.3 is 0 Å². The molecule has 96 valence electrons. The van der Waals surface area contributed by atoms with E-state index in [0.717, 1.165) is 11.8 Å². The standard InChI is InChI=1S/C12H15N3O2S/c1-3-18-12(17)15-11(13-9(2)16)14-10-7-5-4-6-8-10/h4-8H,3H2,1-2H3,(H2,13,14,15,16,17). The van der Waals surface area contributed by atoms with Gasteiger partial charge in [0.15, 0.2) is 0 Å². The molecule has 0 spiro atoms. The van der Waals surface area contributed by atoms with Crippen molar-refractivity contribution in [2.45, 2.75) is 13.8 Å². The molecule has 0 aromatic heterocycles. The topological polar surface area (TPSA) is 70.6 Å². The summed E-state index contributed by atoms with van der Waals surface area (Å²) in [6.45, 7) is 3.23. The van der Waals surface area contributed by atoms with Gasteiger partial charge in [0.05, 0.1) is 5.69 Å². The lowest BCUT2D eigenvalue weighted by Gasteiger charge is -2.08. The van der Waals surface area contributed by atoms with Crippen LogP contribution in [0.25, 0.3) is 0 Å². The van der Waals surface area contributed by atoms with E-state index in [-0.39, 0.29) is 17.1 Å². The van der Waals surface area contributed by atoms with E-state index in [2.05, 4.69) is 15.6 Å². The molecular weight excluding hydrogens is 250 g/mol. The summed E-state index contributed by atoms with van der Waals surface area (Å²) < 4.78 is 0. The first-order valence-corrected chi connectivity index (χ1v) is 6.45. The predicted octanol–water partition coefficient (Wildman–Crippen LogP) is 2.27. The zero-order valence-corrected chi connectivity index (χ0v) is 11.1. The number of nitrogens with zero attached hydrogens (tertiary/aromatic N) is 1. The zero-order valence-electron chi connectivity index (χ0n) is 10.3. The lowest BCUT2D eigenvalue weighted by molar-refractivity contribution is -0.117. The fourth-order valence-corrected chi connectivity index (χ4v) is 1.58. The molecule has 0 aliphatic heterocycles. The highest BCUT2D eigenvalue weighted by molar-refractivity contribution is 8.13. The van der Waals surface area contributed by atoms with Gasteiger partial charge in [-0.05, 0) is 17.9 Å². The summed E-state index contributed by atoms with van der Waals surface area (Å²) in [6.07, 6.45) is 0. The van der Waals surface area contributed by atoms with Crippen LogP contribution in [-0.4, -0.2) is 22.9 Å². The molecule has 0 atom stereocenters. The minimum Gasteiger partial charge on any atom is -0.296 e. The third-order valence-electron chi connectivity index (χ3n) is 1.79. The normalized spacial score (nSPS) is 10.9. The van der Waals surface area contributed by atoms with Gasteiger partial charge in [-0.3, -0.25) is 20.2 Å². The minimum atomic E-state index is -0.286. The van der Waals surface area contributed by atoms with E-state index in [4.69, 9.17) is 0 Å². The highest BCUT2D eigenvalue weighted by Gasteiger charge is 2.07. The minimum absolute atomic E-state index is 0.139. The Kier molecular flexibility index (Phi) is 5.93. The molecule has 0 heterocycles. The monoisotopic (exact) mass is 265 g/mol. The van der Waals surface area contributed by atoms with E-state index in [1.807, 2.05) is 25.1 Å². The Hall–Kier alpha value is -1.82. The largest absolute Gasteiger partial charge is 0.296 e. The number of hydrogen-bond acceptors (Lipinski definition) is 4. The second kappa shape index (κ2) is 7.50. The van der Waals surface area contributed by atoms with Crippen LogP contribution in [0.15, 0.2) is 35.3 Å². The number of rotatable bonds is 2. The van der Waals surface area contributed by atoms with Crippen molar-refractivity contribution in [2.75, 3.05) is 5.75 Å². The highest BCUT2D eigenvalue weighted by atomic mass is 32.2. The molecule has 0 aliphatic rings. The fourth-order valence-electron chi connectivity index (χ4n) is 1.15. The Labute approximate surface area is 110 Å². The molecule has 1 aromatic rings. The lowest BCUT2D eigenvalue weighted by atomic mass is 10.3. The van der Waals surface area contributed by atoms with Crippen molar-refractivity contribution in [3.8, 4) is 0 Å². The average molecular weight is 265 g/mol. The van der Waals surface area contributed by atoms with Crippen LogP contribution in [-0.2, 0) is 4.79 Å². The Balaban J connectivity index is 2.81. The van der Waals surface area contributed by atoms with E-state index in [9.17, 15) is 9.59 Å². The van der Waals surface area contributed by atoms with Gasteiger partial charge in [0.2, 0.25) is 11.9 Å². The number of thioether (sulfide) groups is 1. The Morgan fingerprint density at radius 3 is 2.44 bits per heavy atom. The van der Waals surface area contributed by atoms with Crippen LogP contribution in [0.1, 0.15) is 13.8 Å². The highest BCUT2D eigenvalue weighted by Crippen LogP contribution is 2.09. The van der Waals surface area contributed by atoms with Gasteiger partial charge in [0.1, 0.15) is 0 Å². The van der Waals surface area contributed by atoms with Crippen LogP contribution in [0.5, 0.6) is 0 Å². The van der Waals surface area contributed by atoms with Gasteiger partial charge in [-0.2, -0.15) is 0 Å². The maximum Gasteiger partial charge on any atom is 0.285 e. The molecular formula is C12H15N3O2S. The van der Waals surface area contributed by atoms with Crippen LogP contribution in [0.3, 0.4) is 0 Å². The van der Waals surface area contributed by atoms with E-state index in [0.29, 0.717) is 11.4 Å². The molecule has 0 radical (unpaired) electrons. The smallest absolute Gasteiger partial charge is 0.285 e. The second-order valence-electron chi connectivity index (χ2n) is 3.32. The van der Waals surface area contributed by atoms with Gasteiger partial charge in [0, 0.05) is 6.92 Å². The number of carbonyl (C=O) groups excluding carboxylic acids is 2. The zero-order chi connectivity index (χ0) is 13.4. The van der Waals surface area contributed by atoms with Crippen LogP contribution in [0.2, 0.25) is 0 Å². The first-order valence-electron chi connectivity index (χ1n) is 5.47. The van der Waals surface area contributed by atoms with E-state index >= 15 is 0 Å². The van der Waals surface area contributed by atoms with E-state index in [1.54, 1.807) is 12.1 Å². The van der Waals surface area contributed by atoms with Crippen molar-refractivity contribution in [3.05, 3.63) is 30.3 Å². The van der Waals surface area contributed by atoms with Crippen LogP contribution in [0.4, 0.5) is 10.5 Å². The SMILES string of the molecule is CCSC(=O)NC(=Nc1ccccc1)NC(C)=O. The quantitative estimate of drug-likeness (QED) is 0.636. The summed E-state index contributed by atoms with van der Waals surface area (Å²) >= 11 is 1.12. The van der Waals surface area contributed by atoms with Gasteiger partial charge in [0.25, 0.3) is 5.24 Å². The van der Waals surface area contributed by atoms with Crippen LogP contribution in [0, 0.1) is 0 Å². The molecule has 6 heteroatoms. The van der Waals surface area contributed by atoms with Crippen molar-refractivity contribution >= 4 is 34.6 Å². The summed E-state index contributed by atoms with van der Waals surface area (Å²) in [5, 5.41) is 4.77. The molecule has 18 heavy (non-hydrogen) atoms. The van der Waals surface area contributed by atoms with Gasteiger partial charge in [-0.25, -0.2) is 4.99 Å². The first kappa shape index (κ1) is 14.2. The summed E-state index contributed by atoms with van der Waals surface area (Å²) in [6, 6.07) is 9.07. The van der Waals surface area contributed by atoms with Gasteiger partial charge in [-0.15, -0.1) is 0 Å². The molecule has 0 unspecified atom stereocenters. The van der Waals surface area contributed by atoms with Crippen molar-refractivity contribution in [1.29, 1.82) is 0 Å². The number of para-hydroxylation sites is 1. The Bertz CT molecular complexity index is 446. The van der Waals surface area contributed by atoms with Crippen molar-refractivity contribution in [3.63, 3.8) is 0 Å². The maximum absolute atomic E-state index is 11.4. The molecule has 1 rings (SSSR count). The Morgan fingerprint density at radius 2 is 1.89 bits per heavy atom. The Morgan fingerprint density at radius 1 is 1.22 bits per heavy atom. The van der Waals surface area contributed by atoms with Crippen LogP contribution < -0.4 is 10.6 Å². The summed E-state index contributed by atoms with van der Waals surface area (Å²) in [7, 11) is 0. The summed E-state index contributed by atoms with van der Waals surface area (Å²) in [4.78, 5) is 26.6. The van der Waals surface area contributed by atoms with Gasteiger partial charge in [-0.1, -0.05) is 36.9 Å². The summed E-state index contributed by atoms with van der Waals surface area (Å²) in [5.74, 6) is 0.510. The molecule has 0 fully saturated rings. The number of amides is 2. The molecule has 0 saturated carbocycles. The lowest BCUT2D eigenvalue weighted by Crippen LogP contribution is -2.41. The molecule has 2 N–H and O–H groups in total. The first-order chi connectivity index (χ1) is 8.61. The van der Waals surface area contributed by atoms with Crippen LogP contribution >= 0.6 is 11.8 Å². The number of aliphatic imine (C=N–C) groups is 1. The second-order valence-corrected chi connectivity index (χ2v) is 4.56. The predicted molar refractivity (Wildman–Crippen MR) is 74.0 cm³/mol. The third-order valence-corrected chi connectivity index (χ3v) is 2.44. The number of carbonyl (C=O) groups is 2. The maximum atomic E-state index is 11.4. The average Bonchev–Trinajstić information content (AvgIpc) is 2.29. The molecule has 0 aliphatic carbocycles. The summed E-state index contributed by atoms with van der Waals surface area (Å²) in [5.41, 5.74) is 0.656. The third kappa shape index (κ3) is 5.49. The number of nitrogens with one attached hydrogen (secondary N) is 2.